The van der Waals surface area contributed by atoms with E-state index in [0.717, 1.165) is 11.3 Å². The van der Waals surface area contributed by atoms with Gasteiger partial charge in [0.1, 0.15) is 5.75 Å². The molecule has 0 aliphatic carbocycles. The lowest BCUT2D eigenvalue weighted by atomic mass is 10.0. The van der Waals surface area contributed by atoms with Crippen molar-refractivity contribution < 1.29 is 28.7 Å². The second-order valence-corrected chi connectivity index (χ2v) is 7.35. The summed E-state index contributed by atoms with van der Waals surface area (Å²) in [6.45, 7) is 5.06. The Balaban J connectivity index is 1.54. The summed E-state index contributed by atoms with van der Waals surface area (Å²) in [6.07, 6.45) is 0.127. The van der Waals surface area contributed by atoms with Crippen molar-refractivity contribution in [3.63, 3.8) is 0 Å². The highest BCUT2D eigenvalue weighted by molar-refractivity contribution is 6.02. The smallest absolute Gasteiger partial charge is 0.344 e. The van der Waals surface area contributed by atoms with Crippen molar-refractivity contribution in [2.45, 2.75) is 39.7 Å². The van der Waals surface area contributed by atoms with Crippen LogP contribution in [0.15, 0.2) is 42.5 Å². The number of rotatable bonds is 8. The van der Waals surface area contributed by atoms with Gasteiger partial charge in [-0.25, -0.2) is 4.79 Å². The van der Waals surface area contributed by atoms with Crippen molar-refractivity contribution in [2.24, 2.45) is 0 Å². The molecule has 1 amide bonds. The molecule has 1 aliphatic heterocycles. The van der Waals surface area contributed by atoms with Crippen LogP contribution in [0.1, 0.15) is 53.5 Å². The minimum atomic E-state index is -0.969. The van der Waals surface area contributed by atoms with Gasteiger partial charge in [-0.05, 0) is 61.4 Å². The monoisotopic (exact) mass is 423 g/mol. The Morgan fingerprint density at radius 1 is 1.03 bits per heavy atom. The number of ketones is 2. The highest BCUT2D eigenvalue weighted by Crippen LogP contribution is 2.29. The van der Waals surface area contributed by atoms with Crippen LogP contribution >= 0.6 is 0 Å². The van der Waals surface area contributed by atoms with Crippen LogP contribution in [0.3, 0.4) is 0 Å². The predicted octanol–water partition coefficient (Wildman–Crippen LogP) is 3.38. The van der Waals surface area contributed by atoms with Crippen molar-refractivity contribution in [3.8, 4) is 5.75 Å². The Morgan fingerprint density at radius 2 is 1.71 bits per heavy atom. The van der Waals surface area contributed by atoms with E-state index in [9.17, 15) is 19.2 Å². The number of hydrogen-bond donors (Lipinski definition) is 0. The molecule has 0 saturated carbocycles. The highest BCUT2D eigenvalue weighted by atomic mass is 16.6. The second kappa shape index (κ2) is 9.55. The molecule has 0 N–H and O–H groups in total. The molecule has 3 rings (SSSR count). The molecule has 7 nitrogen and oxygen atoms in total. The summed E-state index contributed by atoms with van der Waals surface area (Å²) in [5.74, 6) is -0.568. The Hall–Kier alpha value is -3.48. The fourth-order valence-electron chi connectivity index (χ4n) is 3.48. The maximum Gasteiger partial charge on any atom is 0.344 e. The van der Waals surface area contributed by atoms with E-state index in [1.165, 1.54) is 13.8 Å². The van der Waals surface area contributed by atoms with Crippen LogP contribution in [-0.4, -0.2) is 42.7 Å². The number of fused-ring (bicyclic) bond motifs is 1. The number of carbonyl (C=O) groups is 4. The zero-order valence-electron chi connectivity index (χ0n) is 17.8. The Morgan fingerprint density at radius 3 is 2.35 bits per heavy atom. The van der Waals surface area contributed by atoms with Crippen molar-refractivity contribution in [1.29, 1.82) is 0 Å². The Kier molecular flexibility index (Phi) is 6.84. The summed E-state index contributed by atoms with van der Waals surface area (Å²) >= 11 is 0. The summed E-state index contributed by atoms with van der Waals surface area (Å²) < 4.78 is 10.6. The number of anilines is 1. The number of ether oxygens (including phenoxy) is 2. The van der Waals surface area contributed by atoms with Gasteiger partial charge in [0.15, 0.2) is 18.5 Å². The number of carbonyl (C=O) groups excluding carboxylic acids is 4. The maximum absolute atomic E-state index is 12.7. The molecule has 1 unspecified atom stereocenters. The quantitative estimate of drug-likeness (QED) is 0.478. The minimum Gasteiger partial charge on any atom is -0.482 e. The summed E-state index contributed by atoms with van der Waals surface area (Å²) in [7, 11) is 0. The number of Topliss-reactive ketones (excluding diaryl/α,β-unsaturated/α-hetero) is 2. The van der Waals surface area contributed by atoms with Crippen molar-refractivity contribution >= 4 is 29.1 Å². The Labute approximate surface area is 180 Å². The highest BCUT2D eigenvalue weighted by Gasteiger charge is 2.25. The van der Waals surface area contributed by atoms with Gasteiger partial charge in [0.25, 0.3) is 0 Å². The van der Waals surface area contributed by atoms with E-state index in [2.05, 4.69) is 0 Å². The van der Waals surface area contributed by atoms with Crippen LogP contribution in [0.5, 0.6) is 5.75 Å². The molecule has 1 atom stereocenters. The number of esters is 1. The third-order valence-electron chi connectivity index (χ3n) is 5.17. The topological polar surface area (TPSA) is 90.0 Å². The number of benzene rings is 2. The van der Waals surface area contributed by atoms with Crippen LogP contribution in [-0.2, 0) is 20.7 Å². The number of hydrogen-bond acceptors (Lipinski definition) is 6. The van der Waals surface area contributed by atoms with Gasteiger partial charge in [0, 0.05) is 36.7 Å². The van der Waals surface area contributed by atoms with Gasteiger partial charge in [0.05, 0.1) is 0 Å². The van der Waals surface area contributed by atoms with E-state index < -0.39 is 12.1 Å². The molecule has 0 saturated heterocycles. The number of amides is 1. The van der Waals surface area contributed by atoms with E-state index in [0.29, 0.717) is 36.3 Å². The maximum atomic E-state index is 12.7. The second-order valence-electron chi connectivity index (χ2n) is 7.35. The molecule has 0 fully saturated rings. The van der Waals surface area contributed by atoms with Crippen LogP contribution in [0.4, 0.5) is 5.69 Å². The fraction of sp³-hybridized carbons (Fsp3) is 0.333. The molecule has 162 valence electrons. The molecule has 0 aromatic heterocycles. The molecule has 1 heterocycles. The lowest BCUT2D eigenvalue weighted by Gasteiger charge is -2.16. The zero-order chi connectivity index (χ0) is 22.5. The van der Waals surface area contributed by atoms with Crippen molar-refractivity contribution in [3.05, 3.63) is 59.2 Å². The fourth-order valence-corrected chi connectivity index (χ4v) is 3.48. The van der Waals surface area contributed by atoms with E-state index in [-0.39, 0.29) is 24.1 Å². The van der Waals surface area contributed by atoms with E-state index in [4.69, 9.17) is 9.47 Å². The molecular weight excluding hydrogens is 398 g/mol. The lowest BCUT2D eigenvalue weighted by molar-refractivity contribution is -0.148. The first-order valence-corrected chi connectivity index (χ1v) is 10.2. The normalized spacial score (nSPS) is 13.3. The first kappa shape index (κ1) is 22.2. The molecule has 0 bridgehead atoms. The zero-order valence-corrected chi connectivity index (χ0v) is 17.8. The van der Waals surface area contributed by atoms with Gasteiger partial charge in [-0.2, -0.15) is 0 Å². The molecule has 7 heteroatoms. The third kappa shape index (κ3) is 5.17. The lowest BCUT2D eigenvalue weighted by Crippen LogP contribution is -2.27. The van der Waals surface area contributed by atoms with Gasteiger partial charge >= 0.3 is 5.97 Å². The average Bonchev–Trinajstić information content (AvgIpc) is 3.20. The summed E-state index contributed by atoms with van der Waals surface area (Å²) in [5.41, 5.74) is 2.75. The molecule has 2 aromatic rings. The molecule has 2 aromatic carbocycles. The van der Waals surface area contributed by atoms with Gasteiger partial charge in [-0.1, -0.05) is 6.92 Å². The van der Waals surface area contributed by atoms with Gasteiger partial charge < -0.3 is 14.4 Å². The molecule has 0 radical (unpaired) electrons. The van der Waals surface area contributed by atoms with Crippen LogP contribution < -0.4 is 9.64 Å². The average molecular weight is 423 g/mol. The molecule has 31 heavy (non-hydrogen) atoms. The standard InChI is InChI=1S/C24H25NO6/c1-4-22(27)17-5-8-20(9-6-17)30-14-23(28)31-15(2)24(29)19-7-10-21-18(13-19)11-12-25(21)16(3)26/h5-10,13,15H,4,11-12,14H2,1-3H3. The van der Waals surface area contributed by atoms with Crippen LogP contribution in [0.25, 0.3) is 0 Å². The third-order valence-corrected chi connectivity index (χ3v) is 5.17. The van der Waals surface area contributed by atoms with E-state index >= 15 is 0 Å². The van der Waals surface area contributed by atoms with Gasteiger partial charge in [-0.3, -0.25) is 14.4 Å². The summed E-state index contributed by atoms with van der Waals surface area (Å²) in [5, 5.41) is 0. The largest absolute Gasteiger partial charge is 0.482 e. The summed E-state index contributed by atoms with van der Waals surface area (Å²) in [4.78, 5) is 49.7. The van der Waals surface area contributed by atoms with E-state index in [1.807, 2.05) is 0 Å². The molecular formula is C24H25NO6. The minimum absolute atomic E-state index is 0.0267. The SMILES string of the molecule is CCC(=O)c1ccc(OCC(=O)OC(C)C(=O)c2ccc3c(c2)CCN3C(C)=O)cc1. The summed E-state index contributed by atoms with van der Waals surface area (Å²) in [6, 6.07) is 11.6. The molecule has 0 spiro atoms. The first-order valence-electron chi connectivity index (χ1n) is 10.2. The van der Waals surface area contributed by atoms with Crippen molar-refractivity contribution in [2.75, 3.05) is 18.1 Å². The number of nitrogens with zero attached hydrogens (tertiary/aromatic N) is 1. The van der Waals surface area contributed by atoms with Gasteiger partial charge in [-0.15, -0.1) is 0 Å². The molecule has 1 aliphatic rings. The van der Waals surface area contributed by atoms with Crippen molar-refractivity contribution in [1.82, 2.24) is 0 Å². The van der Waals surface area contributed by atoms with Gasteiger partial charge in [0.2, 0.25) is 11.7 Å². The van der Waals surface area contributed by atoms with E-state index in [1.54, 1.807) is 54.3 Å². The van der Waals surface area contributed by atoms with Crippen LogP contribution in [0.2, 0.25) is 0 Å². The Bertz CT molecular complexity index is 1010. The first-order chi connectivity index (χ1) is 14.8. The van der Waals surface area contributed by atoms with Crippen LogP contribution in [0, 0.1) is 0 Å². The predicted molar refractivity (Wildman–Crippen MR) is 115 cm³/mol.